The molecule has 0 saturated heterocycles. The van der Waals surface area contributed by atoms with Crippen molar-refractivity contribution in [3.63, 3.8) is 0 Å². The van der Waals surface area contributed by atoms with E-state index in [0.29, 0.717) is 10.8 Å². The Balaban J connectivity index is 1.63. The number of thiazole rings is 1. The quantitative estimate of drug-likeness (QED) is 0.316. The zero-order chi connectivity index (χ0) is 19.7. The number of rotatable bonds is 6. The number of fused-ring (bicyclic) bond motifs is 1. The molecule has 4 rings (SSSR count). The summed E-state index contributed by atoms with van der Waals surface area (Å²) >= 11 is 4.77. The van der Waals surface area contributed by atoms with Gasteiger partial charge in [0.25, 0.3) is 5.78 Å². The van der Waals surface area contributed by atoms with Crippen LogP contribution in [0.25, 0.3) is 22.2 Å². The summed E-state index contributed by atoms with van der Waals surface area (Å²) in [6.07, 6.45) is 0. The van der Waals surface area contributed by atoms with Gasteiger partial charge in [0.2, 0.25) is 0 Å². The van der Waals surface area contributed by atoms with E-state index in [0.717, 1.165) is 45.5 Å². The predicted molar refractivity (Wildman–Crippen MR) is 118 cm³/mol. The molecular weight excluding hydrogens is 436 g/mol. The molecule has 0 bridgehead atoms. The first-order chi connectivity index (χ1) is 13.6. The molecule has 0 radical (unpaired) electrons. The Labute approximate surface area is 175 Å². The smallest absolute Gasteiger partial charge is 0.256 e. The largest absolute Gasteiger partial charge is 0.452 e. The second-order valence-electron chi connectivity index (χ2n) is 6.38. The minimum Gasteiger partial charge on any atom is -0.452 e. The maximum absolute atomic E-state index is 12.9. The zero-order valence-electron chi connectivity index (χ0n) is 15.6. The maximum atomic E-state index is 12.9. The summed E-state index contributed by atoms with van der Waals surface area (Å²) in [4.78, 5) is 19.6. The van der Waals surface area contributed by atoms with E-state index >= 15 is 0 Å². The van der Waals surface area contributed by atoms with E-state index in [9.17, 15) is 4.79 Å². The molecule has 0 N–H and O–H groups in total. The summed E-state index contributed by atoms with van der Waals surface area (Å²) in [6, 6.07) is 15.7. The minimum atomic E-state index is -0.186. The van der Waals surface area contributed by atoms with Gasteiger partial charge in [-0.3, -0.25) is 4.79 Å². The lowest BCUT2D eigenvalue weighted by atomic mass is 10.2. The van der Waals surface area contributed by atoms with Gasteiger partial charge in [-0.05, 0) is 44.2 Å². The van der Waals surface area contributed by atoms with Gasteiger partial charge in [0.05, 0.1) is 5.69 Å². The van der Waals surface area contributed by atoms with Gasteiger partial charge in [0.15, 0.2) is 10.8 Å². The third kappa shape index (κ3) is 3.62. The van der Waals surface area contributed by atoms with Crippen LogP contribution >= 0.6 is 27.3 Å². The first-order valence-electron chi connectivity index (χ1n) is 9.13. The maximum Gasteiger partial charge on any atom is 0.256 e. The van der Waals surface area contributed by atoms with Crippen LogP contribution in [0.5, 0.6) is 0 Å². The Morgan fingerprint density at radius 3 is 2.57 bits per heavy atom. The normalized spacial score (nSPS) is 11.1. The standard InChI is InChI=1S/C22H19BrN2O2S/c1-3-25(4-2)17-10-7-15-11-20(27-19(15)12-17)21(26)22-24-18(13-28-22)14-5-8-16(23)9-6-14/h5-13H,3-4H2,1-2H3. The van der Waals surface area contributed by atoms with E-state index < -0.39 is 0 Å². The van der Waals surface area contributed by atoms with Gasteiger partial charge in [0, 0.05) is 45.6 Å². The second kappa shape index (κ2) is 7.89. The average molecular weight is 455 g/mol. The van der Waals surface area contributed by atoms with E-state index in [4.69, 9.17) is 4.42 Å². The molecule has 0 fully saturated rings. The summed E-state index contributed by atoms with van der Waals surface area (Å²) in [5.41, 5.74) is 3.59. The number of carbonyl (C=O) groups excluding carboxylic acids is 1. The Bertz CT molecular complexity index is 1130. The number of aromatic nitrogens is 1. The molecule has 2 aromatic carbocycles. The van der Waals surface area contributed by atoms with E-state index in [1.54, 1.807) is 6.07 Å². The van der Waals surface area contributed by atoms with Crippen LogP contribution in [0, 0.1) is 0 Å². The van der Waals surface area contributed by atoms with Crippen molar-refractivity contribution >= 4 is 49.7 Å². The van der Waals surface area contributed by atoms with E-state index in [2.05, 4.69) is 45.7 Å². The van der Waals surface area contributed by atoms with Crippen molar-refractivity contribution < 1.29 is 9.21 Å². The number of halogens is 1. The fraction of sp³-hybridized carbons (Fsp3) is 0.182. The van der Waals surface area contributed by atoms with Crippen LogP contribution < -0.4 is 4.90 Å². The fourth-order valence-electron chi connectivity index (χ4n) is 3.15. The van der Waals surface area contributed by atoms with Crippen LogP contribution in [-0.4, -0.2) is 23.9 Å². The Morgan fingerprint density at radius 1 is 1.11 bits per heavy atom. The van der Waals surface area contributed by atoms with Crippen LogP contribution in [0.3, 0.4) is 0 Å². The topological polar surface area (TPSA) is 46.3 Å². The number of anilines is 1. The predicted octanol–water partition coefficient (Wildman–Crippen LogP) is 6.40. The SMILES string of the molecule is CCN(CC)c1ccc2cc(C(=O)c3nc(-c4ccc(Br)cc4)cs3)oc2c1. The molecule has 4 aromatic rings. The van der Waals surface area contributed by atoms with Crippen molar-refractivity contribution in [3.05, 3.63) is 69.2 Å². The average Bonchev–Trinajstić information content (AvgIpc) is 3.36. The molecule has 6 heteroatoms. The molecule has 28 heavy (non-hydrogen) atoms. The highest BCUT2D eigenvalue weighted by Gasteiger charge is 2.19. The van der Waals surface area contributed by atoms with Gasteiger partial charge < -0.3 is 9.32 Å². The summed E-state index contributed by atoms with van der Waals surface area (Å²) in [5.74, 6) is 0.136. The van der Waals surface area contributed by atoms with Gasteiger partial charge in [-0.25, -0.2) is 4.98 Å². The highest BCUT2D eigenvalue weighted by molar-refractivity contribution is 9.10. The summed E-state index contributed by atoms with van der Waals surface area (Å²) in [5, 5.41) is 3.25. The molecule has 142 valence electrons. The van der Waals surface area contributed by atoms with Crippen LogP contribution in [0.15, 0.2) is 62.8 Å². The highest BCUT2D eigenvalue weighted by atomic mass is 79.9. The second-order valence-corrected chi connectivity index (χ2v) is 8.15. The summed E-state index contributed by atoms with van der Waals surface area (Å²) in [6.45, 7) is 6.09. The Morgan fingerprint density at radius 2 is 1.86 bits per heavy atom. The van der Waals surface area contributed by atoms with Gasteiger partial charge in [-0.2, -0.15) is 0 Å². The molecule has 0 atom stereocenters. The molecule has 2 heterocycles. The van der Waals surface area contributed by atoms with Crippen molar-refractivity contribution in [3.8, 4) is 11.3 Å². The number of ketones is 1. The Kier molecular flexibility index (Phi) is 5.33. The molecule has 0 aliphatic carbocycles. The van der Waals surface area contributed by atoms with Crippen molar-refractivity contribution in [1.82, 2.24) is 4.98 Å². The first kappa shape index (κ1) is 18.9. The summed E-state index contributed by atoms with van der Waals surface area (Å²) < 4.78 is 6.89. The van der Waals surface area contributed by atoms with Gasteiger partial charge in [-0.1, -0.05) is 28.1 Å². The molecule has 0 saturated carbocycles. The number of furan rings is 1. The highest BCUT2D eigenvalue weighted by Crippen LogP contribution is 2.29. The number of hydrogen-bond acceptors (Lipinski definition) is 5. The van der Waals surface area contributed by atoms with E-state index in [1.165, 1.54) is 11.3 Å². The molecule has 0 unspecified atom stereocenters. The van der Waals surface area contributed by atoms with Crippen LogP contribution in [0.4, 0.5) is 5.69 Å². The lowest BCUT2D eigenvalue weighted by molar-refractivity contribution is 0.101. The summed E-state index contributed by atoms with van der Waals surface area (Å²) in [7, 11) is 0. The number of benzene rings is 2. The molecule has 0 spiro atoms. The van der Waals surface area contributed by atoms with Crippen molar-refractivity contribution in [1.29, 1.82) is 0 Å². The first-order valence-corrected chi connectivity index (χ1v) is 10.8. The molecule has 4 nitrogen and oxygen atoms in total. The third-order valence-electron chi connectivity index (χ3n) is 4.69. The third-order valence-corrected chi connectivity index (χ3v) is 6.06. The van der Waals surface area contributed by atoms with Crippen molar-refractivity contribution in [2.75, 3.05) is 18.0 Å². The van der Waals surface area contributed by atoms with E-state index in [1.807, 2.05) is 41.8 Å². The lowest BCUT2D eigenvalue weighted by Crippen LogP contribution is -2.21. The van der Waals surface area contributed by atoms with Gasteiger partial charge in [0.1, 0.15) is 5.58 Å². The lowest BCUT2D eigenvalue weighted by Gasteiger charge is -2.20. The van der Waals surface area contributed by atoms with Crippen LogP contribution in [0.2, 0.25) is 0 Å². The zero-order valence-corrected chi connectivity index (χ0v) is 18.0. The number of nitrogens with zero attached hydrogens (tertiary/aromatic N) is 2. The van der Waals surface area contributed by atoms with Crippen molar-refractivity contribution in [2.45, 2.75) is 13.8 Å². The minimum absolute atomic E-state index is 0.186. The molecule has 0 amide bonds. The molecule has 0 aliphatic rings. The molecule has 0 aliphatic heterocycles. The van der Waals surface area contributed by atoms with Gasteiger partial charge >= 0.3 is 0 Å². The number of hydrogen-bond donors (Lipinski definition) is 0. The van der Waals surface area contributed by atoms with Crippen molar-refractivity contribution in [2.24, 2.45) is 0 Å². The van der Waals surface area contributed by atoms with Crippen LogP contribution in [0.1, 0.15) is 29.4 Å². The fourth-order valence-corrected chi connectivity index (χ4v) is 4.19. The molecule has 2 aromatic heterocycles. The Hall–Kier alpha value is -2.44. The molecular formula is C22H19BrN2O2S. The monoisotopic (exact) mass is 454 g/mol. The van der Waals surface area contributed by atoms with Crippen LogP contribution in [-0.2, 0) is 0 Å². The van der Waals surface area contributed by atoms with Gasteiger partial charge in [-0.15, -0.1) is 11.3 Å². The van der Waals surface area contributed by atoms with E-state index in [-0.39, 0.29) is 5.78 Å². The number of carbonyl (C=O) groups is 1.